The van der Waals surface area contributed by atoms with E-state index < -0.39 is 20.3 Å². The van der Waals surface area contributed by atoms with Gasteiger partial charge in [-0.15, -0.1) is 0 Å². The Hall–Kier alpha value is -1.96. The van der Waals surface area contributed by atoms with Crippen molar-refractivity contribution in [2.75, 3.05) is 13.1 Å². The first-order chi connectivity index (χ1) is 9.91. The summed E-state index contributed by atoms with van der Waals surface area (Å²) >= 11 is 0. The van der Waals surface area contributed by atoms with Crippen LogP contribution in [0.5, 0.6) is 0 Å². The van der Waals surface area contributed by atoms with Gasteiger partial charge in [-0.25, -0.2) is 18.4 Å². The molecule has 2 aromatic rings. The van der Waals surface area contributed by atoms with Crippen LogP contribution in [-0.2, 0) is 9.84 Å². The molecule has 1 N–H and O–H groups in total. The van der Waals surface area contributed by atoms with Gasteiger partial charge in [-0.05, 0) is 19.9 Å². The maximum atomic E-state index is 12.6. The number of hydrogen-bond acceptors (Lipinski definition) is 5. The summed E-state index contributed by atoms with van der Waals surface area (Å²) in [6.45, 7) is 3.66. The van der Waals surface area contributed by atoms with Crippen molar-refractivity contribution in [3.05, 3.63) is 24.3 Å². The van der Waals surface area contributed by atoms with E-state index in [0.29, 0.717) is 16.7 Å². The highest BCUT2D eigenvalue weighted by molar-refractivity contribution is 7.92. The number of amides is 1. The number of H-pyrrole nitrogens is 1. The SMILES string of the molecule is CC1CN(C(=O)c2ncnc3[nH]ccc23)CC(C)S1(=O)=O. The zero-order valence-electron chi connectivity index (χ0n) is 11.8. The maximum absolute atomic E-state index is 12.6. The van der Waals surface area contributed by atoms with Crippen LogP contribution in [0.1, 0.15) is 24.3 Å². The minimum atomic E-state index is -3.15. The van der Waals surface area contributed by atoms with E-state index in [-0.39, 0.29) is 19.0 Å². The number of hydrogen-bond donors (Lipinski definition) is 1. The Bertz CT molecular complexity index is 781. The van der Waals surface area contributed by atoms with Crippen LogP contribution >= 0.6 is 0 Å². The standard InChI is InChI=1S/C13H16N4O3S/c1-8-5-17(6-9(2)21(8,19)20)13(18)11-10-3-4-14-12(10)16-7-15-11/h3-4,7-9H,5-6H2,1-2H3,(H,14,15,16). The smallest absolute Gasteiger partial charge is 0.273 e. The van der Waals surface area contributed by atoms with E-state index in [1.54, 1.807) is 31.0 Å². The number of nitrogens with one attached hydrogen (secondary N) is 1. The molecule has 0 saturated carbocycles. The molecule has 1 amide bonds. The fourth-order valence-electron chi connectivity index (χ4n) is 2.66. The Morgan fingerprint density at radius 3 is 2.62 bits per heavy atom. The molecule has 3 rings (SSSR count). The van der Waals surface area contributed by atoms with Crippen molar-refractivity contribution in [3.8, 4) is 0 Å². The van der Waals surface area contributed by atoms with Gasteiger partial charge in [0.25, 0.3) is 5.91 Å². The average molecular weight is 308 g/mol. The predicted molar refractivity (Wildman–Crippen MR) is 77.6 cm³/mol. The van der Waals surface area contributed by atoms with Crippen molar-refractivity contribution in [2.24, 2.45) is 0 Å². The first-order valence-electron chi connectivity index (χ1n) is 6.71. The van der Waals surface area contributed by atoms with E-state index in [0.717, 1.165) is 0 Å². The minimum absolute atomic E-state index is 0.196. The predicted octanol–water partition coefficient (Wildman–Crippen LogP) is 0.606. The largest absolute Gasteiger partial charge is 0.346 e. The summed E-state index contributed by atoms with van der Waals surface area (Å²) in [4.78, 5) is 25.3. The Balaban J connectivity index is 1.95. The van der Waals surface area contributed by atoms with Crippen LogP contribution in [0, 0.1) is 0 Å². The Morgan fingerprint density at radius 2 is 1.95 bits per heavy atom. The molecule has 2 atom stereocenters. The molecule has 7 nitrogen and oxygen atoms in total. The number of fused-ring (bicyclic) bond motifs is 1. The Labute approximate surface area is 122 Å². The highest BCUT2D eigenvalue weighted by Crippen LogP contribution is 2.22. The number of rotatable bonds is 1. The van der Waals surface area contributed by atoms with E-state index in [1.807, 2.05) is 0 Å². The molecule has 1 aliphatic rings. The second kappa shape index (κ2) is 4.80. The molecule has 1 fully saturated rings. The maximum Gasteiger partial charge on any atom is 0.273 e. The lowest BCUT2D eigenvalue weighted by Gasteiger charge is -2.34. The van der Waals surface area contributed by atoms with Crippen LogP contribution in [0.25, 0.3) is 11.0 Å². The van der Waals surface area contributed by atoms with Crippen molar-refractivity contribution < 1.29 is 13.2 Å². The van der Waals surface area contributed by atoms with Crippen molar-refractivity contribution >= 4 is 26.8 Å². The van der Waals surface area contributed by atoms with Gasteiger partial charge in [-0.1, -0.05) is 0 Å². The molecular formula is C13H16N4O3S. The second-order valence-corrected chi connectivity index (χ2v) is 8.17. The molecular weight excluding hydrogens is 292 g/mol. The highest BCUT2D eigenvalue weighted by Gasteiger charge is 2.38. The molecule has 21 heavy (non-hydrogen) atoms. The quantitative estimate of drug-likeness (QED) is 0.832. The molecule has 112 valence electrons. The molecule has 0 aromatic carbocycles. The highest BCUT2D eigenvalue weighted by atomic mass is 32.2. The van der Waals surface area contributed by atoms with Gasteiger partial charge in [0.2, 0.25) is 0 Å². The first-order valence-corrected chi connectivity index (χ1v) is 8.32. The molecule has 8 heteroatoms. The van der Waals surface area contributed by atoms with Gasteiger partial charge in [0.15, 0.2) is 9.84 Å². The Kier molecular flexibility index (Phi) is 3.20. The third-order valence-corrected chi connectivity index (χ3v) is 6.46. The Morgan fingerprint density at radius 1 is 1.29 bits per heavy atom. The van der Waals surface area contributed by atoms with E-state index in [2.05, 4.69) is 15.0 Å². The van der Waals surface area contributed by atoms with Gasteiger partial charge in [0, 0.05) is 19.3 Å². The first kappa shape index (κ1) is 14.0. The summed E-state index contributed by atoms with van der Waals surface area (Å²) in [5.41, 5.74) is 0.902. The topological polar surface area (TPSA) is 96.0 Å². The van der Waals surface area contributed by atoms with Crippen LogP contribution in [0.15, 0.2) is 18.6 Å². The zero-order valence-corrected chi connectivity index (χ0v) is 12.6. The number of sulfone groups is 1. The summed E-state index contributed by atoms with van der Waals surface area (Å²) in [7, 11) is -3.15. The van der Waals surface area contributed by atoms with E-state index >= 15 is 0 Å². The summed E-state index contributed by atoms with van der Waals surface area (Å²) < 4.78 is 24.0. The lowest BCUT2D eigenvalue weighted by molar-refractivity contribution is 0.0745. The number of carbonyl (C=O) groups is 1. The molecule has 1 aliphatic heterocycles. The molecule has 0 bridgehead atoms. The lowest BCUT2D eigenvalue weighted by atomic mass is 10.2. The number of nitrogens with zero attached hydrogens (tertiary/aromatic N) is 3. The lowest BCUT2D eigenvalue weighted by Crippen LogP contribution is -2.52. The molecule has 0 radical (unpaired) electrons. The zero-order chi connectivity index (χ0) is 15.2. The molecule has 3 heterocycles. The van der Waals surface area contributed by atoms with Gasteiger partial charge >= 0.3 is 0 Å². The van der Waals surface area contributed by atoms with Crippen molar-refractivity contribution in [3.63, 3.8) is 0 Å². The number of aromatic nitrogens is 3. The summed E-state index contributed by atoms with van der Waals surface area (Å²) in [5.74, 6) is -0.254. The molecule has 2 unspecified atom stereocenters. The third kappa shape index (κ3) is 2.19. The van der Waals surface area contributed by atoms with Gasteiger partial charge in [-0.2, -0.15) is 0 Å². The van der Waals surface area contributed by atoms with Crippen molar-refractivity contribution in [1.29, 1.82) is 0 Å². The fraction of sp³-hybridized carbons (Fsp3) is 0.462. The average Bonchev–Trinajstić information content (AvgIpc) is 2.92. The van der Waals surface area contributed by atoms with Crippen LogP contribution in [0.2, 0.25) is 0 Å². The minimum Gasteiger partial charge on any atom is -0.346 e. The van der Waals surface area contributed by atoms with E-state index in [1.165, 1.54) is 6.33 Å². The van der Waals surface area contributed by atoms with Gasteiger partial charge < -0.3 is 9.88 Å². The molecule has 2 aromatic heterocycles. The number of carbonyl (C=O) groups excluding carboxylic acids is 1. The normalized spacial score (nSPS) is 25.1. The van der Waals surface area contributed by atoms with Crippen LogP contribution in [0.4, 0.5) is 0 Å². The van der Waals surface area contributed by atoms with Crippen molar-refractivity contribution in [2.45, 2.75) is 24.3 Å². The van der Waals surface area contributed by atoms with Crippen LogP contribution in [0.3, 0.4) is 0 Å². The molecule has 0 aliphatic carbocycles. The van der Waals surface area contributed by atoms with Crippen molar-refractivity contribution in [1.82, 2.24) is 19.9 Å². The third-order valence-electron chi connectivity index (χ3n) is 3.92. The summed E-state index contributed by atoms with van der Waals surface area (Å²) in [5, 5.41) is -0.473. The molecule has 1 saturated heterocycles. The summed E-state index contributed by atoms with van der Waals surface area (Å²) in [6.07, 6.45) is 3.03. The summed E-state index contributed by atoms with van der Waals surface area (Å²) in [6, 6.07) is 1.75. The monoisotopic (exact) mass is 308 g/mol. The van der Waals surface area contributed by atoms with Gasteiger partial charge in [-0.3, -0.25) is 4.79 Å². The molecule has 0 spiro atoms. The fourth-order valence-corrected chi connectivity index (χ4v) is 4.23. The second-order valence-electron chi connectivity index (χ2n) is 5.38. The number of aromatic amines is 1. The van der Waals surface area contributed by atoms with E-state index in [4.69, 9.17) is 0 Å². The van der Waals surface area contributed by atoms with Crippen LogP contribution < -0.4 is 0 Å². The van der Waals surface area contributed by atoms with Gasteiger partial charge in [0.05, 0.1) is 15.9 Å². The van der Waals surface area contributed by atoms with Crippen LogP contribution in [-0.4, -0.2) is 57.8 Å². The van der Waals surface area contributed by atoms with Gasteiger partial charge in [0.1, 0.15) is 17.7 Å². The van der Waals surface area contributed by atoms with E-state index in [9.17, 15) is 13.2 Å².